The minimum Gasteiger partial charge on any atom is -0.496 e. The monoisotopic (exact) mass is 249 g/mol. The van der Waals surface area contributed by atoms with E-state index in [-0.39, 0.29) is 0 Å². The summed E-state index contributed by atoms with van der Waals surface area (Å²) in [5, 5.41) is 9.96. The van der Waals surface area contributed by atoms with Crippen LogP contribution in [-0.4, -0.2) is 25.8 Å². The van der Waals surface area contributed by atoms with Crippen molar-refractivity contribution in [1.82, 2.24) is 0 Å². The predicted molar refractivity (Wildman–Crippen MR) is 74.2 cm³/mol. The Morgan fingerprint density at radius 2 is 2.17 bits per heavy atom. The Kier molecular flexibility index (Phi) is 4.12. The fourth-order valence-electron chi connectivity index (χ4n) is 2.62. The molecule has 0 spiro atoms. The lowest BCUT2D eigenvalue weighted by molar-refractivity contribution is 0.194. The van der Waals surface area contributed by atoms with E-state index in [4.69, 9.17) is 4.74 Å². The number of hydrogen-bond donors (Lipinski definition) is 1. The number of ether oxygens (including phenoxy) is 1. The van der Waals surface area contributed by atoms with Gasteiger partial charge >= 0.3 is 0 Å². The highest BCUT2D eigenvalue weighted by molar-refractivity contribution is 5.60. The number of nitrogens with zero attached hydrogens (tertiary/aromatic N) is 1. The lowest BCUT2D eigenvalue weighted by atomic mass is 9.85. The van der Waals surface area contributed by atoms with Gasteiger partial charge < -0.3 is 14.7 Å². The molecule has 18 heavy (non-hydrogen) atoms. The Bertz CT molecular complexity index is 399. The van der Waals surface area contributed by atoms with Gasteiger partial charge in [0.25, 0.3) is 0 Å². The summed E-state index contributed by atoms with van der Waals surface area (Å²) in [6, 6.07) is 5.95. The molecule has 1 aliphatic rings. The van der Waals surface area contributed by atoms with E-state index in [0.717, 1.165) is 29.5 Å². The number of aliphatic hydroxyl groups excluding tert-OH is 1. The van der Waals surface area contributed by atoms with E-state index >= 15 is 0 Å². The van der Waals surface area contributed by atoms with Gasteiger partial charge in [-0.25, -0.2) is 0 Å². The highest BCUT2D eigenvalue weighted by atomic mass is 16.5. The molecule has 1 atom stereocenters. The molecule has 0 radical (unpaired) electrons. The van der Waals surface area contributed by atoms with E-state index in [0.29, 0.717) is 0 Å². The highest BCUT2D eigenvalue weighted by Gasteiger charge is 2.22. The summed E-state index contributed by atoms with van der Waals surface area (Å²) in [7, 11) is 3.75. The van der Waals surface area contributed by atoms with Gasteiger partial charge in [-0.05, 0) is 37.8 Å². The van der Waals surface area contributed by atoms with Crippen LogP contribution in [0.3, 0.4) is 0 Å². The minimum atomic E-state index is -0.514. The Balaban J connectivity index is 2.24. The molecule has 3 nitrogen and oxygen atoms in total. The number of anilines is 1. The second-order valence-electron chi connectivity index (χ2n) is 5.25. The molecular formula is C15H23NO2. The van der Waals surface area contributed by atoms with E-state index in [1.807, 2.05) is 12.1 Å². The predicted octanol–water partition coefficient (Wildman–Crippen LogP) is 2.98. The van der Waals surface area contributed by atoms with Crippen molar-refractivity contribution in [3.8, 4) is 5.75 Å². The Morgan fingerprint density at radius 3 is 2.67 bits per heavy atom. The number of aliphatic hydroxyl groups is 1. The topological polar surface area (TPSA) is 32.7 Å². The van der Waals surface area contributed by atoms with Gasteiger partial charge in [0.05, 0.1) is 13.2 Å². The molecular weight excluding hydrogens is 226 g/mol. The minimum absolute atomic E-state index is 0.514. The van der Waals surface area contributed by atoms with E-state index in [1.54, 1.807) is 14.0 Å². The molecule has 3 heteroatoms. The van der Waals surface area contributed by atoms with Crippen molar-refractivity contribution in [3.63, 3.8) is 0 Å². The third-order valence-corrected chi connectivity index (χ3v) is 3.85. The largest absolute Gasteiger partial charge is 0.496 e. The second kappa shape index (κ2) is 5.61. The lowest BCUT2D eigenvalue weighted by Gasteiger charge is -2.33. The van der Waals surface area contributed by atoms with Crippen LogP contribution in [0.25, 0.3) is 0 Å². The molecule has 1 N–H and O–H groups in total. The molecule has 1 fully saturated rings. The molecule has 1 unspecified atom stereocenters. The second-order valence-corrected chi connectivity index (χ2v) is 5.25. The maximum absolute atomic E-state index is 9.96. The SMILES string of the molecule is COc1cccc(N(C)CC2CCC2)c1C(C)O. The normalized spacial score (nSPS) is 17.1. The molecule has 1 aromatic carbocycles. The van der Waals surface area contributed by atoms with E-state index < -0.39 is 6.10 Å². The average molecular weight is 249 g/mol. The summed E-state index contributed by atoms with van der Waals surface area (Å²) in [6.45, 7) is 2.85. The van der Waals surface area contributed by atoms with Crippen molar-refractivity contribution in [2.45, 2.75) is 32.3 Å². The van der Waals surface area contributed by atoms with Gasteiger partial charge in [0.2, 0.25) is 0 Å². The zero-order valence-electron chi connectivity index (χ0n) is 11.5. The quantitative estimate of drug-likeness (QED) is 0.870. The van der Waals surface area contributed by atoms with Crippen LogP contribution >= 0.6 is 0 Å². The van der Waals surface area contributed by atoms with Crippen LogP contribution in [0, 0.1) is 5.92 Å². The van der Waals surface area contributed by atoms with Crippen LogP contribution in [0.4, 0.5) is 5.69 Å². The van der Waals surface area contributed by atoms with Crippen molar-refractivity contribution in [2.24, 2.45) is 5.92 Å². The molecule has 1 aromatic rings. The van der Waals surface area contributed by atoms with Crippen LogP contribution in [0.2, 0.25) is 0 Å². The summed E-state index contributed by atoms with van der Waals surface area (Å²) < 4.78 is 5.36. The van der Waals surface area contributed by atoms with Crippen LogP contribution in [0.5, 0.6) is 5.75 Å². The van der Waals surface area contributed by atoms with Gasteiger partial charge in [0.1, 0.15) is 5.75 Å². The number of methoxy groups -OCH3 is 1. The van der Waals surface area contributed by atoms with E-state index in [1.165, 1.54) is 19.3 Å². The van der Waals surface area contributed by atoms with Crippen molar-refractivity contribution >= 4 is 5.69 Å². The molecule has 0 amide bonds. The van der Waals surface area contributed by atoms with Gasteiger partial charge in [-0.3, -0.25) is 0 Å². The third-order valence-electron chi connectivity index (χ3n) is 3.85. The number of hydrogen-bond acceptors (Lipinski definition) is 3. The average Bonchev–Trinajstić information content (AvgIpc) is 2.32. The summed E-state index contributed by atoms with van der Waals surface area (Å²) in [5.74, 6) is 1.58. The van der Waals surface area contributed by atoms with Crippen LogP contribution < -0.4 is 9.64 Å². The van der Waals surface area contributed by atoms with Crippen molar-refractivity contribution in [1.29, 1.82) is 0 Å². The maximum atomic E-state index is 9.96. The van der Waals surface area contributed by atoms with Gasteiger partial charge in [0, 0.05) is 24.8 Å². The number of rotatable bonds is 5. The fourth-order valence-corrected chi connectivity index (χ4v) is 2.62. The molecule has 0 saturated heterocycles. The smallest absolute Gasteiger partial charge is 0.126 e. The molecule has 0 aromatic heterocycles. The zero-order chi connectivity index (χ0) is 13.1. The van der Waals surface area contributed by atoms with Crippen LogP contribution in [-0.2, 0) is 0 Å². The van der Waals surface area contributed by atoms with Crippen molar-refractivity contribution < 1.29 is 9.84 Å². The molecule has 2 rings (SSSR count). The first-order chi connectivity index (χ1) is 8.63. The van der Waals surface area contributed by atoms with E-state index in [9.17, 15) is 5.11 Å². The summed E-state index contributed by atoms with van der Waals surface area (Å²) in [5.41, 5.74) is 1.97. The standard InChI is InChI=1S/C15H23NO2/c1-11(17)15-13(8-5-9-14(15)18-3)16(2)10-12-6-4-7-12/h5,8-9,11-12,17H,4,6-7,10H2,1-3H3. The zero-order valence-corrected chi connectivity index (χ0v) is 11.5. The van der Waals surface area contributed by atoms with Crippen LogP contribution in [0.15, 0.2) is 18.2 Å². The summed E-state index contributed by atoms with van der Waals surface area (Å²) in [4.78, 5) is 2.24. The first-order valence-electron chi connectivity index (χ1n) is 6.69. The van der Waals surface area contributed by atoms with Gasteiger partial charge in [-0.2, -0.15) is 0 Å². The lowest BCUT2D eigenvalue weighted by Crippen LogP contribution is -2.30. The Hall–Kier alpha value is -1.22. The summed E-state index contributed by atoms with van der Waals surface area (Å²) >= 11 is 0. The highest BCUT2D eigenvalue weighted by Crippen LogP contribution is 2.36. The Labute approximate surface area is 109 Å². The third kappa shape index (κ3) is 2.61. The number of benzene rings is 1. The van der Waals surface area contributed by atoms with Gasteiger partial charge in [0.15, 0.2) is 0 Å². The van der Waals surface area contributed by atoms with Gasteiger partial charge in [-0.1, -0.05) is 12.5 Å². The first-order valence-corrected chi connectivity index (χ1v) is 6.69. The fraction of sp³-hybridized carbons (Fsp3) is 0.600. The molecule has 100 valence electrons. The first kappa shape index (κ1) is 13.2. The van der Waals surface area contributed by atoms with Crippen LogP contribution in [0.1, 0.15) is 37.9 Å². The van der Waals surface area contributed by atoms with Gasteiger partial charge in [-0.15, -0.1) is 0 Å². The van der Waals surface area contributed by atoms with Crippen molar-refractivity contribution in [2.75, 3.05) is 25.6 Å². The molecule has 0 bridgehead atoms. The molecule has 0 heterocycles. The Morgan fingerprint density at radius 1 is 1.44 bits per heavy atom. The van der Waals surface area contributed by atoms with Crippen molar-refractivity contribution in [3.05, 3.63) is 23.8 Å². The summed E-state index contributed by atoms with van der Waals surface area (Å²) in [6.07, 6.45) is 3.51. The van der Waals surface area contributed by atoms with E-state index in [2.05, 4.69) is 18.0 Å². The maximum Gasteiger partial charge on any atom is 0.126 e. The molecule has 1 saturated carbocycles. The molecule has 0 aliphatic heterocycles. The molecule has 1 aliphatic carbocycles.